The van der Waals surface area contributed by atoms with Gasteiger partial charge in [0.1, 0.15) is 5.52 Å². The lowest BCUT2D eigenvalue weighted by Crippen LogP contribution is -2.43. The summed E-state index contributed by atoms with van der Waals surface area (Å²) in [5.41, 5.74) is 1.61. The Hall–Kier alpha value is -2.37. The maximum absolute atomic E-state index is 12.2. The molecule has 2 amide bonds. The highest BCUT2D eigenvalue weighted by Gasteiger charge is 2.26. The van der Waals surface area contributed by atoms with Crippen molar-refractivity contribution in [2.45, 2.75) is 32.6 Å². The number of nitrogens with one attached hydrogen (secondary N) is 1. The smallest absolute Gasteiger partial charge is 0.223 e. The fraction of sp³-hybridized carbons (Fsp3) is 0.500. The molecule has 0 spiro atoms. The van der Waals surface area contributed by atoms with Crippen LogP contribution in [0.5, 0.6) is 0 Å². The summed E-state index contributed by atoms with van der Waals surface area (Å²) in [6.07, 6.45) is 2.58. The molecule has 1 aliphatic rings. The first-order valence-corrected chi connectivity index (χ1v) is 8.57. The van der Waals surface area contributed by atoms with Gasteiger partial charge in [-0.05, 0) is 25.0 Å². The lowest BCUT2D eigenvalue weighted by atomic mass is 9.95. The minimum absolute atomic E-state index is 0.00506. The van der Waals surface area contributed by atoms with Gasteiger partial charge >= 0.3 is 0 Å². The molecular weight excluding hydrogens is 306 g/mol. The third kappa shape index (κ3) is 3.75. The van der Waals surface area contributed by atoms with Crippen molar-refractivity contribution in [2.75, 3.05) is 19.6 Å². The van der Waals surface area contributed by atoms with Crippen molar-refractivity contribution in [3.05, 3.63) is 30.2 Å². The Balaban J connectivity index is 1.43. The van der Waals surface area contributed by atoms with E-state index in [-0.39, 0.29) is 17.7 Å². The molecule has 1 saturated heterocycles. The van der Waals surface area contributed by atoms with Gasteiger partial charge in [-0.15, -0.1) is 0 Å². The second-order valence-electron chi connectivity index (χ2n) is 6.12. The zero-order valence-corrected chi connectivity index (χ0v) is 14.0. The number of rotatable bonds is 5. The predicted molar refractivity (Wildman–Crippen MR) is 90.3 cm³/mol. The Labute approximate surface area is 141 Å². The van der Waals surface area contributed by atoms with Gasteiger partial charge in [-0.2, -0.15) is 0 Å². The molecule has 2 heterocycles. The van der Waals surface area contributed by atoms with Crippen LogP contribution in [0.15, 0.2) is 28.7 Å². The Bertz CT molecular complexity index is 684. The topological polar surface area (TPSA) is 75.4 Å². The first-order valence-electron chi connectivity index (χ1n) is 8.57. The van der Waals surface area contributed by atoms with E-state index in [2.05, 4.69) is 10.3 Å². The molecule has 0 atom stereocenters. The Morgan fingerprint density at radius 1 is 1.29 bits per heavy atom. The fourth-order valence-corrected chi connectivity index (χ4v) is 3.08. The van der Waals surface area contributed by atoms with Crippen LogP contribution in [-0.2, 0) is 16.0 Å². The standard InChI is InChI=1S/C18H23N3O3/c1-2-17(22)21-11-8-13(9-12-21)18(23)19-10-7-16-20-14-5-3-4-6-15(14)24-16/h3-6,13H,2,7-12H2,1H3,(H,19,23). The van der Waals surface area contributed by atoms with Gasteiger partial charge in [0.05, 0.1) is 0 Å². The van der Waals surface area contributed by atoms with Crippen LogP contribution in [-0.4, -0.2) is 41.3 Å². The average Bonchev–Trinajstić information content (AvgIpc) is 3.03. The van der Waals surface area contributed by atoms with Crippen LogP contribution in [0.25, 0.3) is 11.1 Å². The molecule has 0 radical (unpaired) electrons. The van der Waals surface area contributed by atoms with E-state index in [4.69, 9.17) is 4.42 Å². The summed E-state index contributed by atoms with van der Waals surface area (Å²) >= 11 is 0. The molecule has 1 aromatic carbocycles. The quantitative estimate of drug-likeness (QED) is 0.912. The Kier molecular flexibility index (Phi) is 5.13. The average molecular weight is 329 g/mol. The van der Waals surface area contributed by atoms with Gasteiger partial charge in [-0.3, -0.25) is 9.59 Å². The van der Waals surface area contributed by atoms with Crippen LogP contribution in [0, 0.1) is 5.92 Å². The summed E-state index contributed by atoms with van der Waals surface area (Å²) in [6, 6.07) is 7.63. The summed E-state index contributed by atoms with van der Waals surface area (Å²) in [5, 5.41) is 2.96. The van der Waals surface area contributed by atoms with Crippen molar-refractivity contribution < 1.29 is 14.0 Å². The molecule has 24 heavy (non-hydrogen) atoms. The van der Waals surface area contributed by atoms with Crippen LogP contribution in [0.3, 0.4) is 0 Å². The van der Waals surface area contributed by atoms with Crippen molar-refractivity contribution in [1.29, 1.82) is 0 Å². The van der Waals surface area contributed by atoms with E-state index in [0.29, 0.717) is 38.4 Å². The summed E-state index contributed by atoms with van der Waals surface area (Å²) < 4.78 is 5.64. The van der Waals surface area contributed by atoms with E-state index >= 15 is 0 Å². The second-order valence-corrected chi connectivity index (χ2v) is 6.12. The molecule has 6 heteroatoms. The maximum Gasteiger partial charge on any atom is 0.223 e. The largest absolute Gasteiger partial charge is 0.441 e. The van der Waals surface area contributed by atoms with E-state index < -0.39 is 0 Å². The number of hydrogen-bond donors (Lipinski definition) is 1. The zero-order chi connectivity index (χ0) is 16.9. The molecule has 6 nitrogen and oxygen atoms in total. The number of oxazole rings is 1. The van der Waals surface area contributed by atoms with Gasteiger partial charge in [0.25, 0.3) is 0 Å². The van der Waals surface area contributed by atoms with Crippen LogP contribution in [0.2, 0.25) is 0 Å². The van der Waals surface area contributed by atoms with E-state index in [0.717, 1.165) is 23.9 Å². The molecule has 0 bridgehead atoms. The molecule has 1 aromatic heterocycles. The minimum Gasteiger partial charge on any atom is -0.441 e. The highest BCUT2D eigenvalue weighted by molar-refractivity contribution is 5.80. The van der Waals surface area contributed by atoms with Crippen LogP contribution in [0.4, 0.5) is 0 Å². The monoisotopic (exact) mass is 329 g/mol. The lowest BCUT2D eigenvalue weighted by molar-refractivity contribution is -0.135. The van der Waals surface area contributed by atoms with Crippen LogP contribution in [0.1, 0.15) is 32.1 Å². The molecule has 128 valence electrons. The summed E-state index contributed by atoms with van der Waals surface area (Å²) in [5.74, 6) is 0.869. The highest BCUT2D eigenvalue weighted by atomic mass is 16.3. The number of nitrogens with zero attached hydrogens (tertiary/aromatic N) is 2. The lowest BCUT2D eigenvalue weighted by Gasteiger charge is -2.31. The van der Waals surface area contributed by atoms with Gasteiger partial charge < -0.3 is 14.6 Å². The number of aromatic nitrogens is 1. The normalized spacial score (nSPS) is 15.6. The fourth-order valence-electron chi connectivity index (χ4n) is 3.08. The molecule has 1 fully saturated rings. The Morgan fingerprint density at radius 3 is 2.75 bits per heavy atom. The summed E-state index contributed by atoms with van der Waals surface area (Å²) in [4.78, 5) is 30.1. The molecule has 1 aliphatic heterocycles. The van der Waals surface area contributed by atoms with Gasteiger partial charge in [0.2, 0.25) is 11.8 Å². The van der Waals surface area contributed by atoms with Crippen molar-refractivity contribution >= 4 is 22.9 Å². The Morgan fingerprint density at radius 2 is 2.04 bits per heavy atom. The molecule has 1 N–H and O–H groups in total. The second kappa shape index (κ2) is 7.47. The SMILES string of the molecule is CCC(=O)N1CCC(C(=O)NCCc2nc3ccccc3o2)CC1. The van der Waals surface area contributed by atoms with Crippen LogP contribution < -0.4 is 5.32 Å². The molecule has 0 aliphatic carbocycles. The molecule has 3 rings (SSSR count). The van der Waals surface area contributed by atoms with Gasteiger partial charge in [0, 0.05) is 38.4 Å². The van der Waals surface area contributed by atoms with Gasteiger partial charge in [-0.1, -0.05) is 19.1 Å². The number of hydrogen-bond acceptors (Lipinski definition) is 4. The molecule has 0 saturated carbocycles. The minimum atomic E-state index is -0.00506. The van der Waals surface area contributed by atoms with Crippen molar-refractivity contribution in [3.63, 3.8) is 0 Å². The van der Waals surface area contributed by atoms with Crippen LogP contribution >= 0.6 is 0 Å². The zero-order valence-electron chi connectivity index (χ0n) is 14.0. The van der Waals surface area contributed by atoms with Gasteiger partial charge in [-0.25, -0.2) is 4.98 Å². The first-order chi connectivity index (χ1) is 11.7. The third-order valence-corrected chi connectivity index (χ3v) is 4.50. The molecular formula is C18H23N3O3. The predicted octanol–water partition coefficient (Wildman–Crippen LogP) is 2.14. The number of piperidine rings is 1. The number of carbonyl (C=O) groups is 2. The van der Waals surface area contributed by atoms with E-state index in [1.165, 1.54) is 0 Å². The van der Waals surface area contributed by atoms with E-state index in [9.17, 15) is 9.59 Å². The maximum atomic E-state index is 12.2. The first kappa shape index (κ1) is 16.5. The van der Waals surface area contributed by atoms with Crippen molar-refractivity contribution in [3.8, 4) is 0 Å². The van der Waals surface area contributed by atoms with Gasteiger partial charge in [0.15, 0.2) is 11.5 Å². The number of carbonyl (C=O) groups excluding carboxylic acids is 2. The molecule has 2 aromatic rings. The van der Waals surface area contributed by atoms with E-state index in [1.807, 2.05) is 36.1 Å². The van der Waals surface area contributed by atoms with Crippen molar-refractivity contribution in [2.24, 2.45) is 5.92 Å². The molecule has 0 unspecified atom stereocenters. The number of likely N-dealkylation sites (tertiary alicyclic amines) is 1. The third-order valence-electron chi connectivity index (χ3n) is 4.50. The van der Waals surface area contributed by atoms with Crippen molar-refractivity contribution in [1.82, 2.24) is 15.2 Å². The summed E-state index contributed by atoms with van der Waals surface area (Å²) in [7, 11) is 0. The highest BCUT2D eigenvalue weighted by Crippen LogP contribution is 2.18. The number of amides is 2. The van der Waals surface area contributed by atoms with E-state index in [1.54, 1.807) is 0 Å². The number of fused-ring (bicyclic) bond motifs is 1. The number of benzene rings is 1. The summed E-state index contributed by atoms with van der Waals surface area (Å²) in [6.45, 7) is 3.73. The number of para-hydroxylation sites is 2.